The number of benzene rings is 2. The maximum Gasteiger partial charge on any atom is 0.250 e. The van der Waals surface area contributed by atoms with Crippen LogP contribution in [0.25, 0.3) is 6.08 Å². The van der Waals surface area contributed by atoms with Gasteiger partial charge in [-0.2, -0.15) is 4.31 Å². The molecule has 0 unspecified atom stereocenters. The number of piperidine rings is 1. The maximum absolute atomic E-state index is 13.4. The van der Waals surface area contributed by atoms with Crippen LogP contribution in [-0.2, 0) is 21.4 Å². The summed E-state index contributed by atoms with van der Waals surface area (Å²) in [5, 5.41) is 2.75. The smallest absolute Gasteiger partial charge is 0.250 e. The first-order valence-corrected chi connectivity index (χ1v) is 13.5. The molecule has 3 aliphatic heterocycles. The van der Waals surface area contributed by atoms with Gasteiger partial charge in [-0.25, -0.2) is 8.42 Å². The molecule has 1 aromatic heterocycles. The fraction of sp³-hybridized carbons (Fsp3) is 0.259. The molecule has 0 spiro atoms. The molecule has 0 aliphatic carbocycles. The lowest BCUT2D eigenvalue weighted by Gasteiger charge is -2.42. The predicted molar refractivity (Wildman–Crippen MR) is 137 cm³/mol. The van der Waals surface area contributed by atoms with E-state index in [1.807, 2.05) is 12.1 Å². The third kappa shape index (κ3) is 4.54. The van der Waals surface area contributed by atoms with Gasteiger partial charge in [0.2, 0.25) is 22.7 Å². The van der Waals surface area contributed by atoms with E-state index in [1.54, 1.807) is 47.0 Å². The van der Waals surface area contributed by atoms with Crippen molar-refractivity contribution in [2.45, 2.75) is 23.8 Å². The zero-order valence-corrected chi connectivity index (χ0v) is 20.7. The molecule has 2 bridgehead atoms. The Balaban J connectivity index is 1.12. The molecule has 37 heavy (non-hydrogen) atoms. The SMILES string of the molecule is O=C(/C=C\c1ccc2c(c1)OCO2)Nc1ccc(S(=O)(=O)N2C[C@@H]3C[C@@H](C2)c2cccc(=O)n2C3)cc1. The Hall–Kier alpha value is -3.89. The molecule has 2 aromatic carbocycles. The van der Waals surface area contributed by atoms with Crippen molar-refractivity contribution in [2.24, 2.45) is 5.92 Å². The first-order valence-electron chi connectivity index (χ1n) is 12.1. The van der Waals surface area contributed by atoms with Crippen LogP contribution in [0.5, 0.6) is 11.5 Å². The normalized spacial score (nSPS) is 20.5. The van der Waals surface area contributed by atoms with Crippen LogP contribution < -0.4 is 20.3 Å². The standard InChI is InChI=1S/C27H25N3O6S/c31-26(11-5-18-4-10-24-25(13-18)36-17-35-24)28-21-6-8-22(9-7-21)37(33,34)29-14-19-12-20(16-29)23-2-1-3-27(32)30(23)15-19/h1-11,13,19-20H,12,14-17H2,(H,28,31)/b11-5-/t19-,20-/m0/s1. The minimum Gasteiger partial charge on any atom is -0.454 e. The van der Waals surface area contributed by atoms with Crippen LogP contribution in [0.1, 0.15) is 23.6 Å². The molecule has 2 atom stereocenters. The van der Waals surface area contributed by atoms with Crippen molar-refractivity contribution in [2.75, 3.05) is 25.2 Å². The number of hydrogen-bond acceptors (Lipinski definition) is 6. The summed E-state index contributed by atoms with van der Waals surface area (Å²) in [6.45, 7) is 1.43. The van der Waals surface area contributed by atoms with E-state index in [9.17, 15) is 18.0 Å². The van der Waals surface area contributed by atoms with E-state index >= 15 is 0 Å². The molecule has 1 N–H and O–H groups in total. The largest absolute Gasteiger partial charge is 0.454 e. The number of carbonyl (C=O) groups excluding carboxylic acids is 1. The second kappa shape index (κ2) is 9.20. The first kappa shape index (κ1) is 23.5. The van der Waals surface area contributed by atoms with Gasteiger partial charge in [0.05, 0.1) is 4.90 Å². The van der Waals surface area contributed by atoms with Gasteiger partial charge in [-0.1, -0.05) is 12.1 Å². The van der Waals surface area contributed by atoms with E-state index in [0.29, 0.717) is 36.8 Å². The van der Waals surface area contributed by atoms with Gasteiger partial charge in [0, 0.05) is 49.1 Å². The molecule has 1 fully saturated rings. The molecule has 1 amide bonds. The van der Waals surface area contributed by atoms with Gasteiger partial charge in [-0.05, 0) is 66.4 Å². The van der Waals surface area contributed by atoms with Gasteiger partial charge in [-0.15, -0.1) is 0 Å². The molecule has 3 aromatic rings. The number of hydrogen-bond donors (Lipinski definition) is 1. The van der Waals surface area contributed by atoms with Gasteiger partial charge < -0.3 is 19.4 Å². The topological polar surface area (TPSA) is 107 Å². The fourth-order valence-electron chi connectivity index (χ4n) is 5.28. The highest BCUT2D eigenvalue weighted by atomic mass is 32.2. The second-order valence-corrected chi connectivity index (χ2v) is 11.4. The Morgan fingerprint density at radius 3 is 2.62 bits per heavy atom. The molecule has 10 heteroatoms. The van der Waals surface area contributed by atoms with Gasteiger partial charge >= 0.3 is 0 Å². The Morgan fingerprint density at radius 2 is 1.78 bits per heavy atom. The van der Waals surface area contributed by atoms with Gasteiger partial charge in [-0.3, -0.25) is 9.59 Å². The lowest BCUT2D eigenvalue weighted by Crippen LogP contribution is -2.48. The Labute approximate surface area is 214 Å². The number of fused-ring (bicyclic) bond motifs is 5. The van der Waals surface area contributed by atoms with Crippen LogP contribution in [-0.4, -0.2) is 43.1 Å². The van der Waals surface area contributed by atoms with Crippen molar-refractivity contribution in [1.29, 1.82) is 0 Å². The second-order valence-electron chi connectivity index (χ2n) is 9.48. The fourth-order valence-corrected chi connectivity index (χ4v) is 6.84. The quantitative estimate of drug-likeness (QED) is 0.520. The van der Waals surface area contributed by atoms with Crippen LogP contribution in [0.3, 0.4) is 0 Å². The molecule has 6 rings (SSSR count). The lowest BCUT2D eigenvalue weighted by molar-refractivity contribution is -0.111. The summed E-state index contributed by atoms with van der Waals surface area (Å²) in [7, 11) is -3.72. The Morgan fingerprint density at radius 1 is 0.973 bits per heavy atom. The zero-order valence-electron chi connectivity index (χ0n) is 19.9. The van der Waals surface area contributed by atoms with E-state index in [4.69, 9.17) is 9.47 Å². The van der Waals surface area contributed by atoms with E-state index in [2.05, 4.69) is 5.32 Å². The zero-order chi connectivity index (χ0) is 25.6. The van der Waals surface area contributed by atoms with E-state index in [0.717, 1.165) is 17.7 Å². The average Bonchev–Trinajstić information content (AvgIpc) is 3.36. The number of aromatic nitrogens is 1. The van der Waals surface area contributed by atoms with Crippen molar-refractivity contribution < 1.29 is 22.7 Å². The molecule has 9 nitrogen and oxygen atoms in total. The molecule has 0 radical (unpaired) electrons. The molecule has 190 valence electrons. The number of anilines is 1. The van der Waals surface area contributed by atoms with E-state index in [1.165, 1.54) is 22.5 Å². The van der Waals surface area contributed by atoms with Gasteiger partial charge in [0.1, 0.15) is 0 Å². The molecule has 4 heterocycles. The van der Waals surface area contributed by atoms with Crippen molar-refractivity contribution >= 4 is 27.7 Å². The number of amides is 1. The first-order chi connectivity index (χ1) is 17.9. The molecule has 3 aliphatic rings. The highest BCUT2D eigenvalue weighted by Gasteiger charge is 2.39. The summed E-state index contributed by atoms with van der Waals surface area (Å²) < 4.78 is 40.7. The van der Waals surface area contributed by atoms with Crippen LogP contribution in [0, 0.1) is 5.92 Å². The van der Waals surface area contributed by atoms with Crippen molar-refractivity contribution in [3.05, 3.63) is 88.4 Å². The Kier molecular flexibility index (Phi) is 5.85. The lowest BCUT2D eigenvalue weighted by atomic mass is 9.84. The molecular formula is C27H25N3O6S. The summed E-state index contributed by atoms with van der Waals surface area (Å²) in [5.41, 5.74) is 2.14. The number of rotatable bonds is 5. The molecular weight excluding hydrogens is 494 g/mol. The Bertz CT molecular complexity index is 1560. The highest BCUT2D eigenvalue weighted by molar-refractivity contribution is 7.89. The van der Waals surface area contributed by atoms with Gasteiger partial charge in [0.25, 0.3) is 5.56 Å². The highest BCUT2D eigenvalue weighted by Crippen LogP contribution is 2.37. The monoisotopic (exact) mass is 519 g/mol. The number of ether oxygens (including phenoxy) is 2. The summed E-state index contributed by atoms with van der Waals surface area (Å²) in [5.74, 6) is 1.05. The minimum absolute atomic E-state index is 0.00807. The molecule has 0 saturated carbocycles. The van der Waals surface area contributed by atoms with Crippen molar-refractivity contribution in [3.8, 4) is 11.5 Å². The van der Waals surface area contributed by atoms with Crippen LogP contribution in [0.4, 0.5) is 5.69 Å². The minimum atomic E-state index is -3.72. The number of pyridine rings is 1. The van der Waals surface area contributed by atoms with Crippen LogP contribution in [0.2, 0.25) is 0 Å². The van der Waals surface area contributed by atoms with Crippen molar-refractivity contribution in [3.63, 3.8) is 0 Å². The summed E-state index contributed by atoms with van der Waals surface area (Å²) >= 11 is 0. The number of carbonyl (C=O) groups is 1. The molecule has 1 saturated heterocycles. The summed E-state index contributed by atoms with van der Waals surface area (Å²) in [6.07, 6.45) is 3.94. The summed E-state index contributed by atoms with van der Waals surface area (Å²) in [4.78, 5) is 24.8. The van der Waals surface area contributed by atoms with E-state index in [-0.39, 0.29) is 35.0 Å². The maximum atomic E-state index is 13.4. The number of nitrogens with one attached hydrogen (secondary N) is 1. The van der Waals surface area contributed by atoms with E-state index < -0.39 is 10.0 Å². The third-order valence-corrected chi connectivity index (χ3v) is 8.88. The number of nitrogens with zero attached hydrogens (tertiary/aromatic N) is 2. The van der Waals surface area contributed by atoms with Gasteiger partial charge in [0.15, 0.2) is 11.5 Å². The van der Waals surface area contributed by atoms with Crippen LogP contribution in [0.15, 0.2) is 76.4 Å². The third-order valence-electron chi connectivity index (χ3n) is 7.03. The average molecular weight is 520 g/mol. The summed E-state index contributed by atoms with van der Waals surface area (Å²) in [6, 6.07) is 16.8. The predicted octanol–water partition coefficient (Wildman–Crippen LogP) is 3.04. The van der Waals surface area contributed by atoms with Crippen LogP contribution >= 0.6 is 0 Å². The number of sulfonamides is 1. The van der Waals surface area contributed by atoms with Crippen molar-refractivity contribution in [1.82, 2.24) is 8.87 Å².